The van der Waals surface area contributed by atoms with Gasteiger partial charge in [0.1, 0.15) is 0 Å². The van der Waals surface area contributed by atoms with E-state index in [0.717, 1.165) is 5.56 Å². The second kappa shape index (κ2) is 7.66. The summed E-state index contributed by atoms with van der Waals surface area (Å²) in [5.74, 6) is 0.138. The van der Waals surface area contributed by atoms with Crippen molar-refractivity contribution in [3.8, 4) is 0 Å². The molecule has 1 fully saturated rings. The van der Waals surface area contributed by atoms with E-state index in [9.17, 15) is 13.2 Å². The summed E-state index contributed by atoms with van der Waals surface area (Å²) in [7, 11) is -1.31. The Hall–Kier alpha value is -1.40. The van der Waals surface area contributed by atoms with Crippen LogP contribution < -0.4 is 0 Å². The van der Waals surface area contributed by atoms with Gasteiger partial charge in [0.25, 0.3) is 0 Å². The van der Waals surface area contributed by atoms with Crippen molar-refractivity contribution in [1.29, 1.82) is 0 Å². The van der Waals surface area contributed by atoms with E-state index < -0.39 is 10.0 Å². The average Bonchev–Trinajstić information content (AvgIpc) is 2.60. The molecule has 1 aromatic carbocycles. The second-order valence-electron chi connectivity index (χ2n) is 6.61. The van der Waals surface area contributed by atoms with E-state index in [0.29, 0.717) is 25.9 Å². The largest absolute Gasteiger partial charge is 0.339 e. The molecular weight excluding hydrogens is 324 g/mol. The van der Waals surface area contributed by atoms with E-state index in [4.69, 9.17) is 0 Å². The summed E-state index contributed by atoms with van der Waals surface area (Å²) in [5, 5.41) is 0. The van der Waals surface area contributed by atoms with Crippen LogP contribution >= 0.6 is 0 Å². The van der Waals surface area contributed by atoms with Crippen LogP contribution in [-0.4, -0.2) is 49.4 Å². The van der Waals surface area contributed by atoms with Gasteiger partial charge in [0, 0.05) is 26.1 Å². The van der Waals surface area contributed by atoms with E-state index in [-0.39, 0.29) is 23.6 Å². The number of hydrogen-bond donors (Lipinski definition) is 0. The fraction of sp³-hybridized carbons (Fsp3) is 0.611. The Labute approximate surface area is 145 Å². The zero-order valence-corrected chi connectivity index (χ0v) is 15.8. The number of hydrogen-bond acceptors (Lipinski definition) is 3. The monoisotopic (exact) mass is 352 g/mol. The first-order valence-corrected chi connectivity index (χ1v) is 10.2. The van der Waals surface area contributed by atoms with Crippen LogP contribution in [0.25, 0.3) is 0 Å². The fourth-order valence-electron chi connectivity index (χ4n) is 3.11. The lowest BCUT2D eigenvalue weighted by Gasteiger charge is -2.34. The maximum Gasteiger partial charge on any atom is 0.226 e. The molecule has 1 aliphatic rings. The number of amides is 1. The van der Waals surface area contributed by atoms with Crippen molar-refractivity contribution in [2.75, 3.05) is 25.9 Å². The number of nitrogens with zero attached hydrogens (tertiary/aromatic N) is 2. The molecular formula is C18H28N2O3S. The standard InChI is InChI=1S/C18H28N2O3S/c1-5-24(22,23)20-12-10-17(11-13-20)18(21)19(4)15(3)16-8-6-14(2)7-9-16/h6-9,15,17H,5,10-13H2,1-4H3. The van der Waals surface area contributed by atoms with Crippen molar-refractivity contribution >= 4 is 15.9 Å². The van der Waals surface area contributed by atoms with Crippen molar-refractivity contribution in [2.24, 2.45) is 5.92 Å². The molecule has 0 radical (unpaired) electrons. The van der Waals surface area contributed by atoms with Gasteiger partial charge in [-0.2, -0.15) is 0 Å². The number of carbonyl (C=O) groups excluding carboxylic acids is 1. The normalized spacial score (nSPS) is 18.3. The van der Waals surface area contributed by atoms with Crippen LogP contribution in [0.2, 0.25) is 0 Å². The molecule has 0 aliphatic carbocycles. The highest BCUT2D eigenvalue weighted by Crippen LogP contribution is 2.26. The molecule has 6 heteroatoms. The lowest BCUT2D eigenvalue weighted by atomic mass is 9.95. The Bertz CT molecular complexity index is 662. The van der Waals surface area contributed by atoms with E-state index in [2.05, 4.69) is 24.3 Å². The Balaban J connectivity index is 1.98. The maximum atomic E-state index is 12.8. The summed E-state index contributed by atoms with van der Waals surface area (Å²) in [5.41, 5.74) is 2.31. The van der Waals surface area contributed by atoms with E-state index in [1.807, 2.05) is 20.9 Å². The smallest absolute Gasteiger partial charge is 0.226 e. The van der Waals surface area contributed by atoms with Crippen molar-refractivity contribution in [3.05, 3.63) is 35.4 Å². The minimum atomic E-state index is -3.15. The molecule has 1 aliphatic heterocycles. The van der Waals surface area contributed by atoms with Gasteiger partial charge in [-0.25, -0.2) is 12.7 Å². The molecule has 1 atom stereocenters. The Morgan fingerprint density at radius 3 is 2.29 bits per heavy atom. The van der Waals surface area contributed by atoms with Crippen LogP contribution in [0.3, 0.4) is 0 Å². The van der Waals surface area contributed by atoms with Gasteiger partial charge in [0.05, 0.1) is 11.8 Å². The Morgan fingerprint density at radius 2 is 1.79 bits per heavy atom. The quantitative estimate of drug-likeness (QED) is 0.818. The lowest BCUT2D eigenvalue weighted by Crippen LogP contribution is -2.44. The molecule has 1 aromatic rings. The third-order valence-electron chi connectivity index (χ3n) is 5.05. The summed E-state index contributed by atoms with van der Waals surface area (Å²) in [4.78, 5) is 14.6. The van der Waals surface area contributed by atoms with Crippen LogP contribution in [0.15, 0.2) is 24.3 Å². The zero-order valence-electron chi connectivity index (χ0n) is 15.0. The van der Waals surface area contributed by atoms with Crippen molar-refractivity contribution in [2.45, 2.75) is 39.7 Å². The highest BCUT2D eigenvalue weighted by molar-refractivity contribution is 7.89. The number of piperidine rings is 1. The number of sulfonamides is 1. The molecule has 134 valence electrons. The van der Waals surface area contributed by atoms with Crippen LogP contribution in [-0.2, 0) is 14.8 Å². The maximum absolute atomic E-state index is 12.8. The molecule has 0 aromatic heterocycles. The summed E-state index contributed by atoms with van der Waals surface area (Å²) >= 11 is 0. The Kier molecular flexibility index (Phi) is 6.04. The minimum Gasteiger partial charge on any atom is -0.339 e. The number of rotatable bonds is 5. The van der Waals surface area contributed by atoms with Gasteiger partial charge in [0.2, 0.25) is 15.9 Å². The van der Waals surface area contributed by atoms with E-state index >= 15 is 0 Å². The summed E-state index contributed by atoms with van der Waals surface area (Å²) < 4.78 is 25.3. The van der Waals surface area contributed by atoms with Gasteiger partial charge in [-0.15, -0.1) is 0 Å². The zero-order chi connectivity index (χ0) is 17.9. The Morgan fingerprint density at radius 1 is 1.25 bits per heavy atom. The highest BCUT2D eigenvalue weighted by atomic mass is 32.2. The van der Waals surface area contributed by atoms with Crippen molar-refractivity contribution in [1.82, 2.24) is 9.21 Å². The van der Waals surface area contributed by atoms with Gasteiger partial charge in [-0.05, 0) is 39.2 Å². The molecule has 1 amide bonds. The summed E-state index contributed by atoms with van der Waals surface area (Å²) in [6, 6.07) is 8.23. The second-order valence-corrected chi connectivity index (χ2v) is 8.87. The summed E-state index contributed by atoms with van der Waals surface area (Å²) in [6.07, 6.45) is 1.20. The van der Waals surface area contributed by atoms with Crippen LogP contribution in [0.1, 0.15) is 43.9 Å². The molecule has 0 saturated carbocycles. The van der Waals surface area contributed by atoms with Gasteiger partial charge in [0.15, 0.2) is 0 Å². The van der Waals surface area contributed by atoms with E-state index in [1.165, 1.54) is 9.87 Å². The molecule has 24 heavy (non-hydrogen) atoms. The van der Waals surface area contributed by atoms with Gasteiger partial charge < -0.3 is 4.90 Å². The van der Waals surface area contributed by atoms with Crippen molar-refractivity contribution in [3.63, 3.8) is 0 Å². The molecule has 1 unspecified atom stereocenters. The first-order chi connectivity index (χ1) is 11.3. The number of carbonyl (C=O) groups is 1. The molecule has 1 heterocycles. The predicted molar refractivity (Wildman–Crippen MR) is 96.1 cm³/mol. The third-order valence-corrected chi connectivity index (χ3v) is 6.93. The molecule has 1 saturated heterocycles. The van der Waals surface area contributed by atoms with Gasteiger partial charge in [-0.1, -0.05) is 29.8 Å². The molecule has 0 bridgehead atoms. The van der Waals surface area contributed by atoms with Crippen LogP contribution in [0, 0.1) is 12.8 Å². The van der Waals surface area contributed by atoms with Crippen molar-refractivity contribution < 1.29 is 13.2 Å². The average molecular weight is 353 g/mol. The minimum absolute atomic E-state index is 0.00973. The van der Waals surface area contributed by atoms with E-state index in [1.54, 1.807) is 11.8 Å². The predicted octanol–water partition coefficient (Wildman–Crippen LogP) is 2.58. The molecule has 0 spiro atoms. The number of benzene rings is 1. The van der Waals surface area contributed by atoms with Crippen LogP contribution in [0.5, 0.6) is 0 Å². The molecule has 5 nitrogen and oxygen atoms in total. The van der Waals surface area contributed by atoms with Gasteiger partial charge >= 0.3 is 0 Å². The third kappa shape index (κ3) is 4.16. The number of aryl methyl sites for hydroxylation is 1. The fourth-order valence-corrected chi connectivity index (χ4v) is 4.24. The lowest BCUT2D eigenvalue weighted by molar-refractivity contribution is -0.137. The SMILES string of the molecule is CCS(=O)(=O)N1CCC(C(=O)N(C)C(C)c2ccc(C)cc2)CC1. The molecule has 0 N–H and O–H groups in total. The first kappa shape index (κ1) is 18.9. The topological polar surface area (TPSA) is 57.7 Å². The first-order valence-electron chi connectivity index (χ1n) is 8.57. The molecule has 2 rings (SSSR count). The van der Waals surface area contributed by atoms with Gasteiger partial charge in [-0.3, -0.25) is 4.79 Å². The highest BCUT2D eigenvalue weighted by Gasteiger charge is 2.32. The summed E-state index contributed by atoms with van der Waals surface area (Å²) in [6.45, 7) is 6.61. The van der Waals surface area contributed by atoms with Crippen LogP contribution in [0.4, 0.5) is 0 Å².